The van der Waals surface area contributed by atoms with Crippen LogP contribution in [-0.4, -0.2) is 50.2 Å². The molecule has 1 amide bonds. The lowest BCUT2D eigenvalue weighted by Gasteiger charge is -2.26. The van der Waals surface area contributed by atoms with Gasteiger partial charge in [-0.25, -0.2) is 0 Å². The number of ether oxygens (including phenoxy) is 1. The number of nitrogens with one attached hydrogen (secondary N) is 1. The SMILES string of the molecule is Cc1cc(C(=O)NCCCN2CCOCC2)sc1Br. The molecular formula is C13H19BrN2O2S. The van der Waals surface area contributed by atoms with E-state index in [0.29, 0.717) is 0 Å². The summed E-state index contributed by atoms with van der Waals surface area (Å²) in [5, 5.41) is 2.97. The number of carbonyl (C=O) groups excluding carboxylic acids is 1. The molecular weight excluding hydrogens is 328 g/mol. The molecule has 0 atom stereocenters. The first-order chi connectivity index (χ1) is 9.16. The largest absolute Gasteiger partial charge is 0.379 e. The smallest absolute Gasteiger partial charge is 0.261 e. The molecule has 1 aliphatic heterocycles. The summed E-state index contributed by atoms with van der Waals surface area (Å²) >= 11 is 4.92. The van der Waals surface area contributed by atoms with Crippen LogP contribution in [0, 0.1) is 6.92 Å². The van der Waals surface area contributed by atoms with E-state index in [4.69, 9.17) is 4.74 Å². The number of amides is 1. The highest BCUT2D eigenvalue weighted by Gasteiger charge is 2.12. The van der Waals surface area contributed by atoms with Crippen molar-refractivity contribution in [3.8, 4) is 0 Å². The van der Waals surface area contributed by atoms with Crippen LogP contribution >= 0.6 is 27.3 Å². The van der Waals surface area contributed by atoms with Gasteiger partial charge in [-0.15, -0.1) is 11.3 Å². The van der Waals surface area contributed by atoms with E-state index in [-0.39, 0.29) is 5.91 Å². The molecule has 0 bridgehead atoms. The van der Waals surface area contributed by atoms with Crippen molar-refractivity contribution in [3.63, 3.8) is 0 Å². The number of nitrogens with zero attached hydrogens (tertiary/aromatic N) is 1. The van der Waals surface area contributed by atoms with Crippen molar-refractivity contribution in [3.05, 3.63) is 20.3 Å². The number of rotatable bonds is 5. The van der Waals surface area contributed by atoms with Gasteiger partial charge in [0, 0.05) is 19.6 Å². The molecule has 19 heavy (non-hydrogen) atoms. The fraction of sp³-hybridized carbons (Fsp3) is 0.615. The number of hydrogen-bond acceptors (Lipinski definition) is 4. The van der Waals surface area contributed by atoms with Crippen LogP contribution in [0.5, 0.6) is 0 Å². The third-order valence-electron chi connectivity index (χ3n) is 3.12. The van der Waals surface area contributed by atoms with Crippen molar-refractivity contribution in [2.75, 3.05) is 39.4 Å². The highest BCUT2D eigenvalue weighted by atomic mass is 79.9. The topological polar surface area (TPSA) is 41.6 Å². The lowest BCUT2D eigenvalue weighted by molar-refractivity contribution is 0.0374. The van der Waals surface area contributed by atoms with Crippen LogP contribution in [0.2, 0.25) is 0 Å². The maximum absolute atomic E-state index is 11.9. The van der Waals surface area contributed by atoms with Crippen LogP contribution in [0.4, 0.5) is 0 Å². The lowest BCUT2D eigenvalue weighted by atomic mass is 10.3. The Kier molecular flexibility index (Phi) is 5.81. The Labute approximate surface area is 126 Å². The van der Waals surface area contributed by atoms with E-state index in [0.717, 1.165) is 60.0 Å². The first-order valence-electron chi connectivity index (χ1n) is 6.51. The zero-order valence-electron chi connectivity index (χ0n) is 11.1. The highest BCUT2D eigenvalue weighted by Crippen LogP contribution is 2.27. The van der Waals surface area contributed by atoms with Gasteiger partial charge in [-0.2, -0.15) is 0 Å². The van der Waals surface area contributed by atoms with E-state index in [1.807, 2.05) is 13.0 Å². The van der Waals surface area contributed by atoms with E-state index in [1.54, 1.807) is 0 Å². The molecule has 0 aromatic carbocycles. The second-order valence-electron chi connectivity index (χ2n) is 4.63. The predicted molar refractivity (Wildman–Crippen MR) is 81.0 cm³/mol. The Balaban J connectivity index is 1.66. The molecule has 0 unspecified atom stereocenters. The van der Waals surface area contributed by atoms with Crippen LogP contribution in [0.25, 0.3) is 0 Å². The van der Waals surface area contributed by atoms with Crippen LogP contribution in [0.3, 0.4) is 0 Å². The van der Waals surface area contributed by atoms with Crippen molar-refractivity contribution in [1.29, 1.82) is 0 Å². The maximum Gasteiger partial charge on any atom is 0.261 e. The van der Waals surface area contributed by atoms with Crippen molar-refractivity contribution in [2.24, 2.45) is 0 Å². The first-order valence-corrected chi connectivity index (χ1v) is 8.12. The Hall–Kier alpha value is -0.430. The van der Waals surface area contributed by atoms with Crippen LogP contribution in [-0.2, 0) is 4.74 Å². The second-order valence-corrected chi connectivity index (χ2v) is 7.00. The number of halogens is 1. The summed E-state index contributed by atoms with van der Waals surface area (Å²) in [6.07, 6.45) is 0.983. The fourth-order valence-corrected chi connectivity index (χ4v) is 3.44. The molecule has 0 saturated carbocycles. The van der Waals surface area contributed by atoms with Gasteiger partial charge in [0.2, 0.25) is 0 Å². The molecule has 0 spiro atoms. The normalized spacial score (nSPS) is 16.5. The predicted octanol–water partition coefficient (Wildman–Crippen LogP) is 2.27. The molecule has 4 nitrogen and oxygen atoms in total. The minimum absolute atomic E-state index is 0.0285. The molecule has 0 radical (unpaired) electrons. The van der Waals surface area contributed by atoms with Gasteiger partial charge >= 0.3 is 0 Å². The molecule has 106 valence electrons. The third-order valence-corrected chi connectivity index (χ3v) is 5.26. The summed E-state index contributed by atoms with van der Waals surface area (Å²) < 4.78 is 6.33. The van der Waals surface area contributed by atoms with Gasteiger partial charge in [-0.05, 0) is 47.4 Å². The number of morpholine rings is 1. The van der Waals surface area contributed by atoms with Gasteiger partial charge < -0.3 is 10.1 Å². The molecule has 1 aliphatic rings. The molecule has 1 N–H and O–H groups in total. The van der Waals surface area contributed by atoms with Crippen molar-refractivity contribution in [2.45, 2.75) is 13.3 Å². The van der Waals surface area contributed by atoms with E-state index in [9.17, 15) is 4.79 Å². The number of hydrogen-bond donors (Lipinski definition) is 1. The van der Waals surface area contributed by atoms with Gasteiger partial charge in [0.05, 0.1) is 21.9 Å². The third kappa shape index (κ3) is 4.56. The van der Waals surface area contributed by atoms with Crippen molar-refractivity contribution >= 4 is 33.2 Å². The molecule has 1 aromatic heterocycles. The average Bonchev–Trinajstić information content (AvgIpc) is 2.76. The molecule has 1 saturated heterocycles. The summed E-state index contributed by atoms with van der Waals surface area (Å²) in [7, 11) is 0. The zero-order valence-corrected chi connectivity index (χ0v) is 13.5. The van der Waals surface area contributed by atoms with Crippen LogP contribution in [0.15, 0.2) is 9.85 Å². The average molecular weight is 347 g/mol. The fourth-order valence-electron chi connectivity index (χ4n) is 1.99. The summed E-state index contributed by atoms with van der Waals surface area (Å²) in [5.41, 5.74) is 1.11. The number of carbonyl (C=O) groups is 1. The zero-order chi connectivity index (χ0) is 13.7. The first kappa shape index (κ1) is 15.0. The Morgan fingerprint density at radius 2 is 2.26 bits per heavy atom. The van der Waals surface area contributed by atoms with E-state index < -0.39 is 0 Å². The molecule has 2 rings (SSSR count). The van der Waals surface area contributed by atoms with E-state index in [1.165, 1.54) is 11.3 Å². The summed E-state index contributed by atoms with van der Waals surface area (Å²) in [6, 6.07) is 1.92. The molecule has 6 heteroatoms. The van der Waals surface area contributed by atoms with Gasteiger partial charge in [0.15, 0.2) is 0 Å². The maximum atomic E-state index is 11.9. The standard InChI is InChI=1S/C13H19BrN2O2S/c1-10-9-11(19-12(10)14)13(17)15-3-2-4-16-5-7-18-8-6-16/h9H,2-8H2,1H3,(H,15,17). The summed E-state index contributed by atoms with van der Waals surface area (Å²) in [4.78, 5) is 15.1. The second kappa shape index (κ2) is 7.38. The molecule has 1 fully saturated rings. The van der Waals surface area contributed by atoms with Crippen molar-refractivity contribution < 1.29 is 9.53 Å². The molecule has 2 heterocycles. The van der Waals surface area contributed by atoms with E-state index in [2.05, 4.69) is 26.1 Å². The summed E-state index contributed by atoms with van der Waals surface area (Å²) in [5.74, 6) is 0.0285. The van der Waals surface area contributed by atoms with Gasteiger partial charge in [-0.1, -0.05) is 0 Å². The highest BCUT2D eigenvalue weighted by molar-refractivity contribution is 9.11. The Morgan fingerprint density at radius 3 is 2.89 bits per heavy atom. The minimum atomic E-state index is 0.0285. The Morgan fingerprint density at radius 1 is 1.53 bits per heavy atom. The van der Waals surface area contributed by atoms with E-state index >= 15 is 0 Å². The van der Waals surface area contributed by atoms with Gasteiger partial charge in [0.25, 0.3) is 5.91 Å². The quantitative estimate of drug-likeness (QED) is 0.831. The number of thiophene rings is 1. The number of aryl methyl sites for hydroxylation is 1. The lowest BCUT2D eigenvalue weighted by Crippen LogP contribution is -2.38. The van der Waals surface area contributed by atoms with Gasteiger partial charge in [-0.3, -0.25) is 9.69 Å². The Bertz CT molecular complexity index is 411. The summed E-state index contributed by atoms with van der Waals surface area (Å²) in [6.45, 7) is 7.41. The van der Waals surface area contributed by atoms with Crippen LogP contribution in [0.1, 0.15) is 21.7 Å². The molecule has 0 aliphatic carbocycles. The van der Waals surface area contributed by atoms with Crippen molar-refractivity contribution in [1.82, 2.24) is 10.2 Å². The molecule has 1 aromatic rings. The van der Waals surface area contributed by atoms with Crippen LogP contribution < -0.4 is 5.32 Å². The monoisotopic (exact) mass is 346 g/mol. The minimum Gasteiger partial charge on any atom is -0.379 e. The van der Waals surface area contributed by atoms with Gasteiger partial charge in [0.1, 0.15) is 0 Å².